The molecule has 5 aromatic rings. The lowest BCUT2D eigenvalue weighted by Crippen LogP contribution is -2.32. The Kier molecular flexibility index (Phi) is 6.62. The largest absolute Gasteiger partial charge is 0.467 e. The number of aromatic amines is 1. The number of furan rings is 1. The van der Waals surface area contributed by atoms with Gasteiger partial charge in [-0.15, -0.1) is 5.10 Å². The summed E-state index contributed by atoms with van der Waals surface area (Å²) in [5.41, 5.74) is 4.77. The van der Waals surface area contributed by atoms with Crippen LogP contribution >= 0.6 is 0 Å². The summed E-state index contributed by atoms with van der Waals surface area (Å²) in [6.45, 7) is 7.81. The molecule has 0 fully saturated rings. The van der Waals surface area contributed by atoms with E-state index in [2.05, 4.69) is 45.3 Å². The number of H-pyrrole nitrogens is 1. The normalized spacial score (nSPS) is 13.4. The van der Waals surface area contributed by atoms with Crippen molar-refractivity contribution in [1.82, 2.24) is 30.1 Å². The van der Waals surface area contributed by atoms with E-state index in [9.17, 15) is 4.79 Å². The molecule has 1 aliphatic rings. The molecule has 0 aliphatic carbocycles. The van der Waals surface area contributed by atoms with Crippen molar-refractivity contribution in [2.24, 2.45) is 0 Å². The van der Waals surface area contributed by atoms with Crippen molar-refractivity contribution >= 4 is 10.9 Å². The standard InChI is InChI=1S/C29H30N6O4/c1-4-25(28-31-32-33-35(28)16-23-6-5-9-37-23)34(14-20-7-8-26-27(12-20)39-17-38-26)15-22-13-21-10-18(2)19(3)11-24(21)30-29(22)36/h5-13,25H,4,14-17H2,1-3H3,(H,30,36)/t25-/m0/s1. The smallest absolute Gasteiger partial charge is 0.252 e. The van der Waals surface area contributed by atoms with Gasteiger partial charge in [-0.3, -0.25) is 9.69 Å². The first-order valence-electron chi connectivity index (χ1n) is 13.0. The molecule has 0 saturated heterocycles. The summed E-state index contributed by atoms with van der Waals surface area (Å²) in [7, 11) is 0. The summed E-state index contributed by atoms with van der Waals surface area (Å²) in [5.74, 6) is 2.92. The molecule has 6 rings (SSSR count). The molecule has 200 valence electrons. The van der Waals surface area contributed by atoms with Crippen LogP contribution < -0.4 is 15.0 Å². The maximum absolute atomic E-state index is 13.3. The second-order valence-corrected chi connectivity index (χ2v) is 9.94. The predicted octanol–water partition coefficient (Wildman–Crippen LogP) is 4.65. The Bertz CT molecular complexity index is 1670. The predicted molar refractivity (Wildman–Crippen MR) is 145 cm³/mol. The third-order valence-electron chi connectivity index (χ3n) is 7.30. The highest BCUT2D eigenvalue weighted by molar-refractivity contribution is 5.80. The van der Waals surface area contributed by atoms with Crippen LogP contribution in [0, 0.1) is 13.8 Å². The number of benzene rings is 2. The molecular weight excluding hydrogens is 496 g/mol. The number of rotatable bonds is 9. The van der Waals surface area contributed by atoms with Gasteiger partial charge in [0, 0.05) is 24.2 Å². The summed E-state index contributed by atoms with van der Waals surface area (Å²) in [4.78, 5) is 18.6. The molecule has 0 saturated carbocycles. The Balaban J connectivity index is 1.38. The lowest BCUT2D eigenvalue weighted by Gasteiger charge is -2.30. The van der Waals surface area contributed by atoms with Crippen LogP contribution in [0.5, 0.6) is 11.5 Å². The molecule has 4 heterocycles. The monoisotopic (exact) mass is 526 g/mol. The number of aromatic nitrogens is 5. The van der Waals surface area contributed by atoms with Crippen LogP contribution in [0.15, 0.2) is 64.0 Å². The highest BCUT2D eigenvalue weighted by Gasteiger charge is 2.27. The molecule has 39 heavy (non-hydrogen) atoms. The number of fused-ring (bicyclic) bond motifs is 2. The minimum Gasteiger partial charge on any atom is -0.467 e. The van der Waals surface area contributed by atoms with Gasteiger partial charge in [-0.1, -0.05) is 13.0 Å². The van der Waals surface area contributed by atoms with Gasteiger partial charge in [-0.2, -0.15) is 0 Å². The molecule has 10 nitrogen and oxygen atoms in total. The Morgan fingerprint density at radius 1 is 1.05 bits per heavy atom. The Morgan fingerprint density at radius 2 is 1.90 bits per heavy atom. The third kappa shape index (κ3) is 5.03. The van der Waals surface area contributed by atoms with E-state index in [1.165, 1.54) is 5.56 Å². The first-order valence-corrected chi connectivity index (χ1v) is 13.0. The Labute approximate surface area is 225 Å². The molecule has 1 atom stereocenters. The molecule has 0 spiro atoms. The minimum absolute atomic E-state index is 0.105. The Morgan fingerprint density at radius 3 is 2.72 bits per heavy atom. The average molecular weight is 527 g/mol. The van der Waals surface area contributed by atoms with Gasteiger partial charge in [0.2, 0.25) is 6.79 Å². The number of aryl methyl sites for hydroxylation is 2. The highest BCUT2D eigenvalue weighted by atomic mass is 16.7. The molecule has 10 heteroatoms. The van der Waals surface area contributed by atoms with Crippen molar-refractivity contribution in [3.05, 3.63) is 99.0 Å². The molecule has 1 N–H and O–H groups in total. The SMILES string of the molecule is CC[C@@H](c1nnnn1Cc1ccco1)N(Cc1ccc2c(c1)OCO2)Cc1cc2cc(C)c(C)cc2[nH]c1=O. The van der Waals surface area contributed by atoms with Crippen LogP contribution in [-0.2, 0) is 19.6 Å². The Hall–Kier alpha value is -4.44. The fourth-order valence-electron chi connectivity index (χ4n) is 5.13. The molecule has 0 unspecified atom stereocenters. The summed E-state index contributed by atoms with van der Waals surface area (Å²) >= 11 is 0. The van der Waals surface area contributed by atoms with Crippen LogP contribution in [-0.4, -0.2) is 36.9 Å². The number of ether oxygens (including phenoxy) is 2. The van der Waals surface area contributed by atoms with E-state index in [1.807, 2.05) is 49.4 Å². The van der Waals surface area contributed by atoms with Crippen LogP contribution in [0.3, 0.4) is 0 Å². The van der Waals surface area contributed by atoms with E-state index in [0.29, 0.717) is 31.0 Å². The quantitative estimate of drug-likeness (QED) is 0.295. The third-order valence-corrected chi connectivity index (χ3v) is 7.30. The number of tetrazole rings is 1. The summed E-state index contributed by atoms with van der Waals surface area (Å²) in [6.07, 6.45) is 2.37. The van der Waals surface area contributed by atoms with Gasteiger partial charge in [-0.05, 0) is 95.2 Å². The van der Waals surface area contributed by atoms with E-state index in [4.69, 9.17) is 13.9 Å². The first kappa shape index (κ1) is 24.9. The van der Waals surface area contributed by atoms with E-state index in [0.717, 1.165) is 45.7 Å². The fourth-order valence-corrected chi connectivity index (χ4v) is 5.13. The van der Waals surface area contributed by atoms with Gasteiger partial charge in [0.05, 0.1) is 12.3 Å². The number of pyridine rings is 1. The van der Waals surface area contributed by atoms with Gasteiger partial charge in [0.15, 0.2) is 17.3 Å². The first-order chi connectivity index (χ1) is 19.0. The zero-order valence-electron chi connectivity index (χ0n) is 22.2. The minimum atomic E-state index is -0.171. The van der Waals surface area contributed by atoms with Gasteiger partial charge in [-0.25, -0.2) is 4.68 Å². The van der Waals surface area contributed by atoms with E-state index in [1.54, 1.807) is 10.9 Å². The average Bonchev–Trinajstić information content (AvgIpc) is 3.69. The molecular formula is C29H30N6O4. The number of hydrogen-bond acceptors (Lipinski definition) is 8. The van der Waals surface area contributed by atoms with Crippen molar-refractivity contribution in [3.63, 3.8) is 0 Å². The van der Waals surface area contributed by atoms with Crippen LogP contribution in [0.1, 0.15) is 53.2 Å². The second-order valence-electron chi connectivity index (χ2n) is 9.94. The molecule has 0 bridgehead atoms. The van der Waals surface area contributed by atoms with Crippen molar-refractivity contribution in [3.8, 4) is 11.5 Å². The molecule has 3 aromatic heterocycles. The number of nitrogens with one attached hydrogen (secondary N) is 1. The van der Waals surface area contributed by atoms with Crippen molar-refractivity contribution in [1.29, 1.82) is 0 Å². The highest BCUT2D eigenvalue weighted by Crippen LogP contribution is 2.34. The van der Waals surface area contributed by atoms with Crippen LogP contribution in [0.2, 0.25) is 0 Å². The summed E-state index contributed by atoms with van der Waals surface area (Å²) < 4.78 is 18.4. The maximum atomic E-state index is 13.3. The zero-order chi connectivity index (χ0) is 26.9. The van der Waals surface area contributed by atoms with Gasteiger partial charge < -0.3 is 18.9 Å². The molecule has 0 amide bonds. The summed E-state index contributed by atoms with van der Waals surface area (Å²) in [5, 5.41) is 13.6. The van der Waals surface area contributed by atoms with E-state index >= 15 is 0 Å². The summed E-state index contributed by atoms with van der Waals surface area (Å²) in [6, 6.07) is 15.6. The van der Waals surface area contributed by atoms with Crippen molar-refractivity contribution in [2.75, 3.05) is 6.79 Å². The molecule has 0 radical (unpaired) electrons. The lowest BCUT2D eigenvalue weighted by atomic mass is 10.0. The van der Waals surface area contributed by atoms with E-state index in [-0.39, 0.29) is 18.4 Å². The van der Waals surface area contributed by atoms with Gasteiger partial charge in [0.25, 0.3) is 5.56 Å². The second kappa shape index (κ2) is 10.4. The van der Waals surface area contributed by atoms with Crippen molar-refractivity contribution < 1.29 is 13.9 Å². The number of nitrogens with zero attached hydrogens (tertiary/aromatic N) is 5. The molecule has 1 aliphatic heterocycles. The van der Waals surface area contributed by atoms with Crippen LogP contribution in [0.25, 0.3) is 10.9 Å². The van der Waals surface area contributed by atoms with Gasteiger partial charge in [0.1, 0.15) is 12.3 Å². The maximum Gasteiger partial charge on any atom is 0.252 e. The zero-order valence-corrected chi connectivity index (χ0v) is 22.2. The van der Waals surface area contributed by atoms with E-state index < -0.39 is 0 Å². The van der Waals surface area contributed by atoms with Gasteiger partial charge >= 0.3 is 0 Å². The van der Waals surface area contributed by atoms with Crippen LogP contribution in [0.4, 0.5) is 0 Å². The lowest BCUT2D eigenvalue weighted by molar-refractivity contribution is 0.160. The van der Waals surface area contributed by atoms with Crippen molar-refractivity contribution in [2.45, 2.75) is 52.9 Å². The number of hydrogen-bond donors (Lipinski definition) is 1. The fraction of sp³-hybridized carbons (Fsp3) is 0.310. The topological polar surface area (TPSA) is 111 Å². The molecule has 2 aromatic carbocycles.